The molecule has 2 aliphatic rings. The molecule has 5 heteroatoms. The van der Waals surface area contributed by atoms with Crippen LogP contribution >= 0.6 is 0 Å². The Morgan fingerprint density at radius 2 is 2.25 bits per heavy atom. The molecule has 0 radical (unpaired) electrons. The molecule has 2 aliphatic heterocycles. The number of carbonyl (C=O) groups is 1. The second kappa shape index (κ2) is 6.24. The number of piperidine rings is 1. The van der Waals surface area contributed by atoms with Gasteiger partial charge in [-0.05, 0) is 12.0 Å². The van der Waals surface area contributed by atoms with Crippen LogP contribution < -0.4 is 5.32 Å². The molecule has 2 heterocycles. The van der Waals surface area contributed by atoms with Crippen LogP contribution in [-0.4, -0.2) is 49.4 Å². The smallest absolute Gasteiger partial charge is 0.410 e. The van der Waals surface area contributed by atoms with Gasteiger partial charge in [0.15, 0.2) is 0 Å². The Hall–Kier alpha value is -1.59. The molecule has 0 bridgehead atoms. The number of benzene rings is 1. The second-order valence-electron chi connectivity index (χ2n) is 5.24. The summed E-state index contributed by atoms with van der Waals surface area (Å²) in [6.07, 6.45) is 0.772. The third-order valence-corrected chi connectivity index (χ3v) is 3.86. The highest BCUT2D eigenvalue weighted by Gasteiger charge is 2.34. The van der Waals surface area contributed by atoms with Gasteiger partial charge in [0.05, 0.1) is 19.3 Å². The Labute approximate surface area is 118 Å². The van der Waals surface area contributed by atoms with Crippen LogP contribution in [0.2, 0.25) is 0 Å². The molecule has 0 saturated carbocycles. The molecule has 1 N–H and O–H groups in total. The Kier molecular flexibility index (Phi) is 4.18. The summed E-state index contributed by atoms with van der Waals surface area (Å²) in [6, 6.07) is 10.1. The number of amides is 1. The summed E-state index contributed by atoms with van der Waals surface area (Å²) in [7, 11) is 0. The predicted octanol–water partition coefficient (Wildman–Crippen LogP) is 1.39. The van der Waals surface area contributed by atoms with E-state index in [0.29, 0.717) is 25.8 Å². The minimum atomic E-state index is -0.249. The molecule has 2 atom stereocenters. The molecule has 0 aromatic heterocycles. The van der Waals surface area contributed by atoms with Crippen molar-refractivity contribution >= 4 is 6.09 Å². The lowest BCUT2D eigenvalue weighted by Gasteiger charge is -2.40. The lowest BCUT2D eigenvalue weighted by Crippen LogP contribution is -2.58. The maximum Gasteiger partial charge on any atom is 0.410 e. The van der Waals surface area contributed by atoms with Gasteiger partial charge >= 0.3 is 6.09 Å². The fourth-order valence-corrected chi connectivity index (χ4v) is 2.75. The average Bonchev–Trinajstić information content (AvgIpc) is 2.53. The van der Waals surface area contributed by atoms with E-state index in [2.05, 4.69) is 5.32 Å². The Bertz CT molecular complexity index is 452. The largest absolute Gasteiger partial charge is 0.445 e. The Morgan fingerprint density at radius 3 is 3.10 bits per heavy atom. The second-order valence-corrected chi connectivity index (χ2v) is 5.24. The molecule has 1 amide bonds. The molecular formula is C15H20N2O3. The molecule has 1 aromatic carbocycles. The summed E-state index contributed by atoms with van der Waals surface area (Å²) >= 11 is 0. The highest BCUT2D eigenvalue weighted by molar-refractivity contribution is 5.67. The van der Waals surface area contributed by atoms with Gasteiger partial charge in [0.25, 0.3) is 0 Å². The van der Waals surface area contributed by atoms with Crippen LogP contribution in [0.3, 0.4) is 0 Å². The monoisotopic (exact) mass is 276 g/mol. The van der Waals surface area contributed by atoms with Crippen molar-refractivity contribution < 1.29 is 14.3 Å². The predicted molar refractivity (Wildman–Crippen MR) is 74.3 cm³/mol. The fourth-order valence-electron chi connectivity index (χ4n) is 2.75. The normalized spacial score (nSPS) is 25.9. The summed E-state index contributed by atoms with van der Waals surface area (Å²) in [5.74, 6) is 0. The van der Waals surface area contributed by atoms with Crippen LogP contribution in [0, 0.1) is 0 Å². The van der Waals surface area contributed by atoms with E-state index < -0.39 is 0 Å². The number of fused-ring (bicyclic) bond motifs is 1. The number of nitrogens with zero attached hydrogens (tertiary/aromatic N) is 1. The zero-order valence-electron chi connectivity index (χ0n) is 11.5. The van der Waals surface area contributed by atoms with E-state index in [0.717, 1.165) is 25.1 Å². The third kappa shape index (κ3) is 3.11. The van der Waals surface area contributed by atoms with Gasteiger partial charge in [-0.3, -0.25) is 0 Å². The number of morpholine rings is 1. The topological polar surface area (TPSA) is 50.8 Å². The quantitative estimate of drug-likeness (QED) is 0.887. The first kappa shape index (κ1) is 13.4. The van der Waals surface area contributed by atoms with E-state index in [-0.39, 0.29) is 12.2 Å². The van der Waals surface area contributed by atoms with Crippen LogP contribution in [0.5, 0.6) is 0 Å². The van der Waals surface area contributed by atoms with Gasteiger partial charge in [0, 0.05) is 19.1 Å². The van der Waals surface area contributed by atoms with Crippen molar-refractivity contribution in [3.05, 3.63) is 35.9 Å². The van der Waals surface area contributed by atoms with Gasteiger partial charge in [-0.2, -0.15) is 0 Å². The highest BCUT2D eigenvalue weighted by atomic mass is 16.6. The molecule has 5 nitrogen and oxygen atoms in total. The fraction of sp³-hybridized carbons (Fsp3) is 0.533. The zero-order valence-corrected chi connectivity index (χ0v) is 11.5. The lowest BCUT2D eigenvalue weighted by atomic mass is 10.0. The molecule has 108 valence electrons. The molecule has 0 spiro atoms. The van der Waals surface area contributed by atoms with Gasteiger partial charge in [-0.25, -0.2) is 4.79 Å². The van der Waals surface area contributed by atoms with E-state index in [1.54, 1.807) is 4.90 Å². The molecular weight excluding hydrogens is 256 g/mol. The van der Waals surface area contributed by atoms with Gasteiger partial charge in [0.2, 0.25) is 0 Å². The number of hydrogen-bond donors (Lipinski definition) is 1. The molecule has 1 aromatic rings. The zero-order chi connectivity index (χ0) is 13.8. The number of nitrogens with one attached hydrogen (secondary N) is 1. The van der Waals surface area contributed by atoms with Gasteiger partial charge in [-0.15, -0.1) is 0 Å². The minimum Gasteiger partial charge on any atom is -0.445 e. The van der Waals surface area contributed by atoms with Crippen molar-refractivity contribution in [2.24, 2.45) is 0 Å². The number of rotatable bonds is 2. The van der Waals surface area contributed by atoms with E-state index in [1.165, 1.54) is 0 Å². The standard InChI is InChI=1S/C15H20N2O3/c18-15(20-11-12-4-2-1-3-5-12)17-8-6-13-14(10-17)19-9-7-16-13/h1-5,13-14,16H,6-11H2/t13-,14-/m0/s1. The first-order valence-electron chi connectivity index (χ1n) is 7.13. The number of likely N-dealkylation sites (tertiary alicyclic amines) is 1. The van der Waals surface area contributed by atoms with E-state index in [4.69, 9.17) is 9.47 Å². The number of hydrogen-bond acceptors (Lipinski definition) is 4. The first-order chi connectivity index (χ1) is 9.83. The molecule has 0 unspecified atom stereocenters. The molecule has 20 heavy (non-hydrogen) atoms. The Morgan fingerprint density at radius 1 is 1.40 bits per heavy atom. The Balaban J connectivity index is 1.50. The van der Waals surface area contributed by atoms with Crippen molar-refractivity contribution in [3.8, 4) is 0 Å². The molecule has 2 saturated heterocycles. The third-order valence-electron chi connectivity index (χ3n) is 3.86. The van der Waals surface area contributed by atoms with Gasteiger partial charge < -0.3 is 19.7 Å². The van der Waals surface area contributed by atoms with Crippen molar-refractivity contribution in [3.63, 3.8) is 0 Å². The van der Waals surface area contributed by atoms with Crippen LogP contribution in [0.1, 0.15) is 12.0 Å². The number of carbonyl (C=O) groups excluding carboxylic acids is 1. The summed E-state index contributed by atoms with van der Waals surface area (Å²) in [6.45, 7) is 3.29. The van der Waals surface area contributed by atoms with Crippen LogP contribution in [0.4, 0.5) is 4.79 Å². The SMILES string of the molecule is O=C(OCc1ccccc1)N1CC[C@@H]2NCCO[C@H]2C1. The van der Waals surface area contributed by atoms with Crippen LogP contribution in [0.15, 0.2) is 30.3 Å². The molecule has 3 rings (SSSR count). The van der Waals surface area contributed by atoms with Crippen molar-refractivity contribution in [1.29, 1.82) is 0 Å². The highest BCUT2D eigenvalue weighted by Crippen LogP contribution is 2.17. The van der Waals surface area contributed by atoms with E-state index in [1.807, 2.05) is 30.3 Å². The van der Waals surface area contributed by atoms with E-state index in [9.17, 15) is 4.79 Å². The van der Waals surface area contributed by atoms with Crippen molar-refractivity contribution in [1.82, 2.24) is 10.2 Å². The van der Waals surface area contributed by atoms with Crippen LogP contribution in [-0.2, 0) is 16.1 Å². The summed E-state index contributed by atoms with van der Waals surface area (Å²) < 4.78 is 11.1. The maximum absolute atomic E-state index is 12.1. The summed E-state index contributed by atoms with van der Waals surface area (Å²) in [5.41, 5.74) is 1.01. The van der Waals surface area contributed by atoms with Crippen LogP contribution in [0.25, 0.3) is 0 Å². The van der Waals surface area contributed by atoms with Gasteiger partial charge in [0.1, 0.15) is 6.61 Å². The first-order valence-corrected chi connectivity index (χ1v) is 7.13. The lowest BCUT2D eigenvalue weighted by molar-refractivity contribution is -0.0456. The van der Waals surface area contributed by atoms with Crippen molar-refractivity contribution in [2.45, 2.75) is 25.2 Å². The average molecular weight is 276 g/mol. The summed E-state index contributed by atoms with van der Waals surface area (Å²) in [4.78, 5) is 13.8. The van der Waals surface area contributed by atoms with E-state index >= 15 is 0 Å². The minimum absolute atomic E-state index is 0.0989. The maximum atomic E-state index is 12.1. The summed E-state index contributed by atoms with van der Waals surface area (Å²) in [5, 5.41) is 3.43. The molecule has 0 aliphatic carbocycles. The van der Waals surface area contributed by atoms with Crippen molar-refractivity contribution in [2.75, 3.05) is 26.2 Å². The number of ether oxygens (including phenoxy) is 2. The van der Waals surface area contributed by atoms with Gasteiger partial charge in [-0.1, -0.05) is 30.3 Å². The molecule has 2 fully saturated rings.